The number of benzene rings is 1. The summed E-state index contributed by atoms with van der Waals surface area (Å²) in [5.41, 5.74) is 1.65. The number of pyridine rings is 1. The third-order valence-corrected chi connectivity index (χ3v) is 5.24. The molecule has 1 heterocycles. The Morgan fingerprint density at radius 1 is 0.906 bits per heavy atom. The first kappa shape index (κ1) is 25.4. The summed E-state index contributed by atoms with van der Waals surface area (Å²) in [7, 11) is 0. The van der Waals surface area contributed by atoms with E-state index in [0.717, 1.165) is 24.8 Å². The van der Waals surface area contributed by atoms with Crippen molar-refractivity contribution in [2.24, 2.45) is 0 Å². The van der Waals surface area contributed by atoms with Gasteiger partial charge in [-0.25, -0.2) is 4.98 Å². The van der Waals surface area contributed by atoms with Gasteiger partial charge < -0.3 is 14.6 Å². The van der Waals surface area contributed by atoms with Crippen molar-refractivity contribution in [1.82, 2.24) is 4.98 Å². The van der Waals surface area contributed by atoms with Gasteiger partial charge in [0.25, 0.3) is 0 Å². The second-order valence-electron chi connectivity index (χ2n) is 7.90. The van der Waals surface area contributed by atoms with E-state index in [1.165, 1.54) is 38.5 Å². The highest BCUT2D eigenvalue weighted by atomic mass is 16.5. The number of hydrogen-bond donors (Lipinski definition) is 1. The Hall–Kier alpha value is -2.89. The van der Waals surface area contributed by atoms with Crippen molar-refractivity contribution in [3.05, 3.63) is 53.3 Å². The Kier molecular flexibility index (Phi) is 11.9. The molecular weight excluding hydrogens is 406 g/mol. The van der Waals surface area contributed by atoms with E-state index in [4.69, 9.17) is 14.6 Å². The molecule has 174 valence electrons. The maximum atomic E-state index is 11.5. The van der Waals surface area contributed by atoms with Gasteiger partial charge in [-0.3, -0.25) is 9.59 Å². The van der Waals surface area contributed by atoms with Crippen molar-refractivity contribution < 1.29 is 24.2 Å². The van der Waals surface area contributed by atoms with Gasteiger partial charge in [0.1, 0.15) is 17.2 Å². The molecule has 2 rings (SSSR count). The van der Waals surface area contributed by atoms with Crippen LogP contribution in [0.25, 0.3) is 0 Å². The van der Waals surface area contributed by atoms with Crippen LogP contribution in [0.15, 0.2) is 36.4 Å². The molecule has 32 heavy (non-hydrogen) atoms. The van der Waals surface area contributed by atoms with Crippen molar-refractivity contribution in [1.29, 1.82) is 0 Å². The van der Waals surface area contributed by atoms with Crippen molar-refractivity contribution in [3.8, 4) is 11.5 Å². The number of aromatic nitrogens is 1. The predicted octanol–water partition coefficient (Wildman–Crippen LogP) is 5.66. The molecule has 0 atom stereocenters. The van der Waals surface area contributed by atoms with Crippen LogP contribution in [0, 0.1) is 0 Å². The standard InChI is InChI=1S/C26H35NO5/c1-2-3-4-5-6-7-8-11-17-31-25-15-14-22(27-23(25)20-28)16-18-32-24-13-10-9-12-21(24)19-26(29)30/h9-10,12-15,20H,2-8,11,16-19H2,1H3,(H,29,30). The minimum absolute atomic E-state index is 0.0887. The third kappa shape index (κ3) is 9.50. The van der Waals surface area contributed by atoms with Crippen LogP contribution in [0.3, 0.4) is 0 Å². The number of rotatable bonds is 17. The zero-order chi connectivity index (χ0) is 23.0. The molecule has 0 aliphatic heterocycles. The molecule has 1 aromatic carbocycles. The molecule has 0 saturated heterocycles. The lowest BCUT2D eigenvalue weighted by molar-refractivity contribution is -0.136. The Balaban J connectivity index is 1.75. The van der Waals surface area contributed by atoms with Gasteiger partial charge in [-0.1, -0.05) is 70.1 Å². The lowest BCUT2D eigenvalue weighted by atomic mass is 10.1. The number of unbranched alkanes of at least 4 members (excludes halogenated alkanes) is 7. The van der Waals surface area contributed by atoms with E-state index in [1.807, 2.05) is 12.1 Å². The smallest absolute Gasteiger partial charge is 0.307 e. The second kappa shape index (κ2) is 15.0. The average Bonchev–Trinajstić information content (AvgIpc) is 2.79. The highest BCUT2D eigenvalue weighted by Gasteiger charge is 2.09. The number of carbonyl (C=O) groups excluding carboxylic acids is 1. The average molecular weight is 442 g/mol. The van der Waals surface area contributed by atoms with Crippen molar-refractivity contribution in [2.45, 2.75) is 71.1 Å². The van der Waals surface area contributed by atoms with E-state index in [-0.39, 0.29) is 6.42 Å². The Labute approximate surface area is 191 Å². The van der Waals surface area contributed by atoms with Crippen LogP contribution < -0.4 is 9.47 Å². The van der Waals surface area contributed by atoms with Gasteiger partial charge in [-0.15, -0.1) is 0 Å². The lowest BCUT2D eigenvalue weighted by Gasteiger charge is -2.11. The summed E-state index contributed by atoms with van der Waals surface area (Å²) in [4.78, 5) is 26.8. The van der Waals surface area contributed by atoms with E-state index in [2.05, 4.69) is 11.9 Å². The normalized spacial score (nSPS) is 10.7. The molecule has 0 amide bonds. The maximum absolute atomic E-state index is 11.5. The minimum Gasteiger partial charge on any atom is -0.493 e. The van der Waals surface area contributed by atoms with Crippen LogP contribution in [-0.4, -0.2) is 35.6 Å². The minimum atomic E-state index is -0.902. The van der Waals surface area contributed by atoms with Crippen molar-refractivity contribution in [3.63, 3.8) is 0 Å². The first-order valence-corrected chi connectivity index (χ1v) is 11.6. The molecule has 1 aromatic heterocycles. The Bertz CT molecular complexity index is 837. The topological polar surface area (TPSA) is 85.7 Å². The van der Waals surface area contributed by atoms with E-state index in [9.17, 15) is 9.59 Å². The fourth-order valence-electron chi connectivity index (χ4n) is 3.49. The quantitative estimate of drug-likeness (QED) is 0.252. The number of ether oxygens (including phenoxy) is 2. The predicted molar refractivity (Wildman–Crippen MR) is 125 cm³/mol. The van der Waals surface area contributed by atoms with Gasteiger partial charge in [-0.2, -0.15) is 0 Å². The number of carboxylic acid groups (broad SMARTS) is 1. The van der Waals surface area contributed by atoms with E-state index in [0.29, 0.717) is 42.4 Å². The molecule has 0 bridgehead atoms. The Morgan fingerprint density at radius 2 is 1.59 bits per heavy atom. The van der Waals surface area contributed by atoms with Crippen LogP contribution in [-0.2, 0) is 17.6 Å². The highest BCUT2D eigenvalue weighted by molar-refractivity contribution is 5.76. The molecule has 0 aliphatic carbocycles. The largest absolute Gasteiger partial charge is 0.493 e. The van der Waals surface area contributed by atoms with Gasteiger partial charge >= 0.3 is 5.97 Å². The Morgan fingerprint density at radius 3 is 2.31 bits per heavy atom. The summed E-state index contributed by atoms with van der Waals surface area (Å²) in [5.74, 6) is 0.163. The van der Waals surface area contributed by atoms with Gasteiger partial charge in [0.2, 0.25) is 0 Å². The molecule has 2 aromatic rings. The molecule has 0 fully saturated rings. The summed E-state index contributed by atoms with van der Waals surface area (Å²) in [6, 6.07) is 10.7. The molecular formula is C26H35NO5. The summed E-state index contributed by atoms with van der Waals surface area (Å²) < 4.78 is 11.5. The summed E-state index contributed by atoms with van der Waals surface area (Å²) in [6.07, 6.45) is 11.0. The van der Waals surface area contributed by atoms with E-state index >= 15 is 0 Å². The zero-order valence-corrected chi connectivity index (χ0v) is 19.1. The number of aldehydes is 1. The maximum Gasteiger partial charge on any atom is 0.307 e. The summed E-state index contributed by atoms with van der Waals surface area (Å²) in [6.45, 7) is 3.14. The van der Waals surface area contributed by atoms with Crippen LogP contribution in [0.4, 0.5) is 0 Å². The molecule has 0 radical (unpaired) electrons. The zero-order valence-electron chi connectivity index (χ0n) is 19.1. The SMILES string of the molecule is CCCCCCCCCCOc1ccc(CCOc2ccccc2CC(=O)O)nc1C=O. The lowest BCUT2D eigenvalue weighted by Crippen LogP contribution is -2.08. The van der Waals surface area contributed by atoms with E-state index < -0.39 is 5.97 Å². The molecule has 1 N–H and O–H groups in total. The van der Waals surface area contributed by atoms with Crippen molar-refractivity contribution in [2.75, 3.05) is 13.2 Å². The molecule has 6 nitrogen and oxygen atoms in total. The number of aliphatic carboxylic acids is 1. The monoisotopic (exact) mass is 441 g/mol. The molecule has 0 saturated carbocycles. The molecule has 6 heteroatoms. The van der Waals surface area contributed by atoms with Gasteiger partial charge in [0, 0.05) is 17.7 Å². The number of nitrogens with zero attached hydrogens (tertiary/aromatic N) is 1. The summed E-state index contributed by atoms with van der Waals surface area (Å²) >= 11 is 0. The summed E-state index contributed by atoms with van der Waals surface area (Å²) in [5, 5.41) is 9.01. The fourth-order valence-corrected chi connectivity index (χ4v) is 3.49. The number of hydrogen-bond acceptors (Lipinski definition) is 5. The number of carboxylic acids is 1. The van der Waals surface area contributed by atoms with Crippen LogP contribution in [0.1, 0.15) is 80.0 Å². The first-order chi connectivity index (χ1) is 15.6. The van der Waals surface area contributed by atoms with Gasteiger partial charge in [0.05, 0.1) is 19.6 Å². The van der Waals surface area contributed by atoms with Crippen LogP contribution >= 0.6 is 0 Å². The highest BCUT2D eigenvalue weighted by Crippen LogP contribution is 2.20. The van der Waals surface area contributed by atoms with Gasteiger partial charge in [-0.05, 0) is 24.6 Å². The second-order valence-corrected chi connectivity index (χ2v) is 7.90. The first-order valence-electron chi connectivity index (χ1n) is 11.6. The molecule has 0 spiro atoms. The van der Waals surface area contributed by atoms with E-state index in [1.54, 1.807) is 24.3 Å². The third-order valence-electron chi connectivity index (χ3n) is 5.24. The van der Waals surface area contributed by atoms with Crippen LogP contribution in [0.2, 0.25) is 0 Å². The molecule has 0 unspecified atom stereocenters. The number of carbonyl (C=O) groups is 2. The number of para-hydroxylation sites is 1. The fraction of sp³-hybridized carbons (Fsp3) is 0.500. The van der Waals surface area contributed by atoms with Gasteiger partial charge in [0.15, 0.2) is 6.29 Å². The van der Waals surface area contributed by atoms with Crippen molar-refractivity contribution >= 4 is 12.3 Å². The molecule has 0 aliphatic rings. The van der Waals surface area contributed by atoms with Crippen LogP contribution in [0.5, 0.6) is 11.5 Å².